The highest BCUT2D eigenvalue weighted by Crippen LogP contribution is 2.18. The van der Waals surface area contributed by atoms with E-state index in [9.17, 15) is 4.79 Å². The van der Waals surface area contributed by atoms with Gasteiger partial charge in [-0.3, -0.25) is 4.79 Å². The smallest absolute Gasteiger partial charge is 0.237 e. The summed E-state index contributed by atoms with van der Waals surface area (Å²) < 4.78 is 5.99. The molecule has 11 heavy (non-hydrogen) atoms. The minimum atomic E-state index is 0.466. The molecular weight excluding hydrogens is 255 g/mol. The number of benzene rings is 1. The van der Waals surface area contributed by atoms with Gasteiger partial charge in [-0.2, -0.15) is 0 Å². The van der Waals surface area contributed by atoms with Gasteiger partial charge in [-0.15, -0.1) is 0 Å². The van der Waals surface area contributed by atoms with Gasteiger partial charge in [-0.05, 0) is 40.8 Å². The highest BCUT2D eigenvalue weighted by molar-refractivity contribution is 14.1. The van der Waals surface area contributed by atoms with Crippen LogP contribution in [0.4, 0.5) is 0 Å². The maximum atomic E-state index is 10.3. The molecule has 1 rings (SSSR count). The van der Waals surface area contributed by atoms with Gasteiger partial charge >= 0.3 is 0 Å². The molecule has 3 heteroatoms. The predicted molar refractivity (Wildman–Crippen MR) is 50.5 cm³/mol. The van der Waals surface area contributed by atoms with E-state index in [4.69, 9.17) is 4.74 Å². The summed E-state index contributed by atoms with van der Waals surface area (Å²) in [5, 5.41) is 0. The average Bonchev–Trinajstić information content (AvgIpc) is 2.04. The van der Waals surface area contributed by atoms with Gasteiger partial charge in [-0.25, -0.2) is 0 Å². The Morgan fingerprint density at radius 2 is 2.27 bits per heavy atom. The highest BCUT2D eigenvalue weighted by Gasteiger charge is 2.01. The first-order valence-corrected chi connectivity index (χ1v) is 4.07. The van der Waals surface area contributed by atoms with Crippen LogP contribution in [-0.2, 0) is 4.79 Å². The largest absolute Gasteiger partial charge is 0.496 e. The minimum Gasteiger partial charge on any atom is -0.496 e. The molecule has 0 aliphatic rings. The van der Waals surface area contributed by atoms with E-state index in [2.05, 4.69) is 22.6 Å². The molecule has 1 aromatic rings. The van der Waals surface area contributed by atoms with E-state index in [1.807, 2.05) is 6.07 Å². The van der Waals surface area contributed by atoms with Crippen LogP contribution in [0.1, 0.15) is 5.56 Å². The molecule has 0 bridgehead atoms. The van der Waals surface area contributed by atoms with Gasteiger partial charge in [0.05, 0.1) is 12.7 Å². The number of ether oxygens (including phenoxy) is 1. The Morgan fingerprint density at radius 3 is 2.82 bits per heavy atom. The van der Waals surface area contributed by atoms with Crippen LogP contribution in [0.25, 0.3) is 0 Å². The van der Waals surface area contributed by atoms with Crippen molar-refractivity contribution in [3.63, 3.8) is 0 Å². The zero-order valence-corrected chi connectivity index (χ0v) is 8.08. The third-order valence-electron chi connectivity index (χ3n) is 1.27. The zero-order valence-electron chi connectivity index (χ0n) is 5.93. The Balaban J connectivity index is 3.16. The summed E-state index contributed by atoms with van der Waals surface area (Å²) in [4.78, 5) is 10.3. The first kappa shape index (κ1) is 8.52. The van der Waals surface area contributed by atoms with E-state index in [0.29, 0.717) is 11.3 Å². The molecule has 0 aliphatic carbocycles. The number of halogens is 1. The van der Waals surface area contributed by atoms with Crippen LogP contribution in [0.5, 0.6) is 5.75 Å². The summed E-state index contributed by atoms with van der Waals surface area (Å²) in [6.45, 7) is 0. The van der Waals surface area contributed by atoms with Crippen molar-refractivity contribution in [2.75, 3.05) is 7.11 Å². The van der Waals surface area contributed by atoms with E-state index >= 15 is 0 Å². The lowest BCUT2D eigenvalue weighted by Crippen LogP contribution is -1.90. The van der Waals surface area contributed by atoms with Gasteiger partial charge in [0.2, 0.25) is 6.29 Å². The van der Waals surface area contributed by atoms with Crippen LogP contribution in [0.3, 0.4) is 0 Å². The lowest BCUT2D eigenvalue weighted by Gasteiger charge is -2.01. The lowest BCUT2D eigenvalue weighted by atomic mass is 10.2. The molecule has 0 unspecified atom stereocenters. The van der Waals surface area contributed by atoms with Crippen molar-refractivity contribution in [2.45, 2.75) is 0 Å². The molecule has 2 nitrogen and oxygen atoms in total. The highest BCUT2D eigenvalue weighted by atomic mass is 127. The fourth-order valence-corrected chi connectivity index (χ4v) is 1.21. The predicted octanol–water partition coefficient (Wildman–Crippen LogP) is 1.76. The van der Waals surface area contributed by atoms with Crippen molar-refractivity contribution in [3.05, 3.63) is 27.3 Å². The Kier molecular flexibility index (Phi) is 2.87. The molecule has 0 amide bonds. The SMILES string of the molecule is COc1cc(I)ccc1[C]=O. The summed E-state index contributed by atoms with van der Waals surface area (Å²) in [5.41, 5.74) is 0.466. The molecule has 0 saturated carbocycles. The molecule has 0 spiro atoms. The molecule has 0 aromatic heterocycles. The third kappa shape index (κ3) is 1.92. The fraction of sp³-hybridized carbons (Fsp3) is 0.125. The summed E-state index contributed by atoms with van der Waals surface area (Å²) in [6, 6.07) is 5.32. The quantitative estimate of drug-likeness (QED) is 0.758. The van der Waals surface area contributed by atoms with Crippen molar-refractivity contribution in [2.24, 2.45) is 0 Å². The Bertz CT molecular complexity index is 271. The Labute approximate surface area is 78.7 Å². The maximum Gasteiger partial charge on any atom is 0.237 e. The van der Waals surface area contributed by atoms with Crippen molar-refractivity contribution >= 4 is 28.9 Å². The summed E-state index contributed by atoms with van der Waals surface area (Å²) >= 11 is 2.15. The summed E-state index contributed by atoms with van der Waals surface area (Å²) in [5.74, 6) is 0.576. The van der Waals surface area contributed by atoms with Gasteiger partial charge in [-0.1, -0.05) is 0 Å². The van der Waals surface area contributed by atoms with E-state index in [1.165, 1.54) is 7.11 Å². The molecule has 0 aliphatic heterocycles. The number of carbonyl (C=O) groups excluding carboxylic acids is 1. The topological polar surface area (TPSA) is 26.3 Å². The standard InChI is InChI=1S/C8H6IO2/c1-11-8-4-7(9)3-2-6(8)5-10/h2-4H,1H3. The molecule has 0 N–H and O–H groups in total. The Morgan fingerprint density at radius 1 is 1.55 bits per heavy atom. The van der Waals surface area contributed by atoms with Gasteiger partial charge in [0, 0.05) is 3.57 Å². The number of hydrogen-bond acceptors (Lipinski definition) is 2. The summed E-state index contributed by atoms with van der Waals surface area (Å²) in [7, 11) is 1.53. The molecule has 0 fully saturated rings. The van der Waals surface area contributed by atoms with Crippen LogP contribution in [0, 0.1) is 3.57 Å². The summed E-state index contributed by atoms with van der Waals surface area (Å²) in [6.07, 6.45) is 1.80. The molecular formula is C8H6IO2. The second kappa shape index (κ2) is 3.71. The average molecular weight is 261 g/mol. The van der Waals surface area contributed by atoms with E-state index < -0.39 is 0 Å². The van der Waals surface area contributed by atoms with Crippen LogP contribution < -0.4 is 4.74 Å². The Hall–Kier alpha value is -0.580. The maximum absolute atomic E-state index is 10.3. The van der Waals surface area contributed by atoms with E-state index in [-0.39, 0.29) is 0 Å². The molecule has 0 heterocycles. The normalized spacial score (nSPS) is 9.27. The first-order chi connectivity index (χ1) is 5.27. The van der Waals surface area contributed by atoms with Gasteiger partial charge in [0.15, 0.2) is 0 Å². The van der Waals surface area contributed by atoms with Crippen molar-refractivity contribution in [1.82, 2.24) is 0 Å². The van der Waals surface area contributed by atoms with Crippen molar-refractivity contribution < 1.29 is 9.53 Å². The van der Waals surface area contributed by atoms with Crippen LogP contribution in [0.2, 0.25) is 0 Å². The van der Waals surface area contributed by atoms with Crippen LogP contribution in [-0.4, -0.2) is 13.4 Å². The molecule has 1 aromatic carbocycles. The third-order valence-corrected chi connectivity index (χ3v) is 1.94. The molecule has 0 atom stereocenters. The van der Waals surface area contributed by atoms with Crippen molar-refractivity contribution in [3.8, 4) is 5.75 Å². The number of methoxy groups -OCH3 is 1. The van der Waals surface area contributed by atoms with Crippen LogP contribution in [0.15, 0.2) is 18.2 Å². The molecule has 57 valence electrons. The lowest BCUT2D eigenvalue weighted by molar-refractivity contribution is 0.412. The van der Waals surface area contributed by atoms with Crippen molar-refractivity contribution in [1.29, 1.82) is 0 Å². The molecule has 1 radical (unpaired) electrons. The fourth-order valence-electron chi connectivity index (χ4n) is 0.749. The monoisotopic (exact) mass is 261 g/mol. The minimum absolute atomic E-state index is 0.466. The van der Waals surface area contributed by atoms with E-state index in [0.717, 1.165) is 3.57 Å². The van der Waals surface area contributed by atoms with Crippen LogP contribution >= 0.6 is 22.6 Å². The van der Waals surface area contributed by atoms with E-state index in [1.54, 1.807) is 18.4 Å². The van der Waals surface area contributed by atoms with Gasteiger partial charge < -0.3 is 4.74 Å². The second-order valence-corrected chi connectivity index (χ2v) is 3.19. The number of rotatable bonds is 2. The number of hydrogen-bond donors (Lipinski definition) is 0. The van der Waals surface area contributed by atoms with Gasteiger partial charge in [0.1, 0.15) is 5.75 Å². The second-order valence-electron chi connectivity index (χ2n) is 1.95. The molecule has 0 saturated heterocycles. The zero-order chi connectivity index (χ0) is 8.27. The first-order valence-electron chi connectivity index (χ1n) is 2.99. The van der Waals surface area contributed by atoms with Gasteiger partial charge in [0.25, 0.3) is 0 Å².